The molecule has 1 atom stereocenters. The van der Waals surface area contributed by atoms with Crippen molar-refractivity contribution in [1.82, 2.24) is 4.90 Å². The number of halogens is 1. The van der Waals surface area contributed by atoms with Crippen LogP contribution in [0.5, 0.6) is 11.5 Å². The molecule has 1 heterocycles. The molecule has 1 fully saturated rings. The van der Waals surface area contributed by atoms with Crippen LogP contribution in [0.25, 0.3) is 6.08 Å². The number of carboxylic acid groups (broad SMARTS) is 1. The summed E-state index contributed by atoms with van der Waals surface area (Å²) in [5.41, 5.74) is 0.668. The molecular weight excluding hydrogens is 350 g/mol. The second kappa shape index (κ2) is 8.73. The number of benzene rings is 1. The van der Waals surface area contributed by atoms with Gasteiger partial charge in [0.2, 0.25) is 5.91 Å². The Morgan fingerprint density at radius 2 is 2.24 bits per heavy atom. The number of carboxylic acids is 1. The normalized spacial score (nSPS) is 17.6. The lowest BCUT2D eigenvalue weighted by atomic mass is 10.1. The van der Waals surface area contributed by atoms with Crippen molar-refractivity contribution < 1.29 is 28.9 Å². The van der Waals surface area contributed by atoms with Crippen LogP contribution in [0.2, 0.25) is 5.02 Å². The number of hydrogen-bond acceptors (Lipinski definition) is 5. The van der Waals surface area contributed by atoms with Crippen molar-refractivity contribution in [3.8, 4) is 11.5 Å². The maximum Gasteiger partial charge on any atom is 0.334 e. The minimum Gasteiger partial charge on any atom is -0.493 e. The molecule has 0 saturated carbocycles. The number of hydrogen-bond donors (Lipinski definition) is 1. The lowest BCUT2D eigenvalue weighted by Crippen LogP contribution is -2.48. The standard InChI is InChI=1S/C17H20ClNO6/c1-3-24-16-12(18)8-11(9-13(16)23-2)4-5-15(20)19-6-7-25-14(10-19)17(21)22/h4-5,8-9,14H,3,6-7,10H2,1-2H3,(H,21,22). The molecular formula is C17H20ClNO6. The molecule has 0 aromatic heterocycles. The van der Waals surface area contributed by atoms with Crippen LogP contribution < -0.4 is 9.47 Å². The minimum atomic E-state index is -1.08. The third-order valence-corrected chi connectivity index (χ3v) is 3.89. The highest BCUT2D eigenvalue weighted by Crippen LogP contribution is 2.36. The highest BCUT2D eigenvalue weighted by Gasteiger charge is 2.27. The predicted molar refractivity (Wildman–Crippen MR) is 92.2 cm³/mol. The van der Waals surface area contributed by atoms with E-state index >= 15 is 0 Å². The minimum absolute atomic E-state index is 0.0197. The van der Waals surface area contributed by atoms with Gasteiger partial charge in [-0.05, 0) is 30.7 Å². The van der Waals surface area contributed by atoms with E-state index in [2.05, 4.69) is 0 Å². The summed E-state index contributed by atoms with van der Waals surface area (Å²) in [4.78, 5) is 24.7. The molecule has 1 saturated heterocycles. The van der Waals surface area contributed by atoms with Gasteiger partial charge >= 0.3 is 5.97 Å². The lowest BCUT2D eigenvalue weighted by Gasteiger charge is -2.30. The van der Waals surface area contributed by atoms with Gasteiger partial charge in [0.25, 0.3) is 0 Å². The third-order valence-electron chi connectivity index (χ3n) is 3.61. The molecule has 136 valence electrons. The number of rotatable bonds is 6. The number of methoxy groups -OCH3 is 1. The highest BCUT2D eigenvalue weighted by molar-refractivity contribution is 6.32. The monoisotopic (exact) mass is 369 g/mol. The van der Waals surface area contributed by atoms with Crippen molar-refractivity contribution in [3.05, 3.63) is 28.8 Å². The molecule has 1 N–H and O–H groups in total. The topological polar surface area (TPSA) is 85.3 Å². The van der Waals surface area contributed by atoms with Gasteiger partial charge in [-0.1, -0.05) is 11.6 Å². The third kappa shape index (κ3) is 4.87. The van der Waals surface area contributed by atoms with Crippen LogP contribution in [0, 0.1) is 0 Å². The number of carbonyl (C=O) groups is 2. The van der Waals surface area contributed by atoms with E-state index in [0.717, 1.165) is 0 Å². The van der Waals surface area contributed by atoms with Crippen LogP contribution in [-0.2, 0) is 14.3 Å². The van der Waals surface area contributed by atoms with Gasteiger partial charge in [0, 0.05) is 12.6 Å². The second-order valence-electron chi connectivity index (χ2n) is 5.28. The van der Waals surface area contributed by atoms with E-state index in [0.29, 0.717) is 35.2 Å². The first-order chi connectivity index (χ1) is 12.0. The van der Waals surface area contributed by atoms with Crippen molar-refractivity contribution in [2.24, 2.45) is 0 Å². The van der Waals surface area contributed by atoms with Gasteiger partial charge < -0.3 is 24.2 Å². The first-order valence-electron chi connectivity index (χ1n) is 7.78. The van der Waals surface area contributed by atoms with E-state index in [9.17, 15) is 9.59 Å². The first-order valence-corrected chi connectivity index (χ1v) is 8.15. The number of morpholine rings is 1. The molecule has 2 rings (SSSR count). The summed E-state index contributed by atoms with van der Waals surface area (Å²) in [5, 5.41) is 9.36. The molecule has 1 aromatic carbocycles. The fraction of sp³-hybridized carbons (Fsp3) is 0.412. The largest absolute Gasteiger partial charge is 0.493 e. The maximum atomic E-state index is 12.3. The van der Waals surface area contributed by atoms with Crippen molar-refractivity contribution in [2.75, 3.05) is 33.4 Å². The molecule has 1 aliphatic rings. The summed E-state index contributed by atoms with van der Waals surface area (Å²) in [5.74, 6) is -0.450. The van der Waals surface area contributed by atoms with Crippen LogP contribution in [0.1, 0.15) is 12.5 Å². The predicted octanol–water partition coefficient (Wildman–Crippen LogP) is 2.07. The van der Waals surface area contributed by atoms with Gasteiger partial charge in [-0.15, -0.1) is 0 Å². The Labute approximate surface area is 150 Å². The van der Waals surface area contributed by atoms with E-state index < -0.39 is 12.1 Å². The summed E-state index contributed by atoms with van der Waals surface area (Å²) >= 11 is 6.19. The molecule has 1 aromatic rings. The van der Waals surface area contributed by atoms with Crippen molar-refractivity contribution in [1.29, 1.82) is 0 Å². The molecule has 1 aliphatic heterocycles. The Balaban J connectivity index is 2.11. The van der Waals surface area contributed by atoms with Crippen LogP contribution in [0.15, 0.2) is 18.2 Å². The number of amides is 1. The SMILES string of the molecule is CCOc1c(Cl)cc(C=CC(=O)N2CCOC(C(=O)O)C2)cc1OC. The molecule has 0 radical (unpaired) electrons. The number of ether oxygens (including phenoxy) is 3. The van der Waals surface area contributed by atoms with E-state index in [1.54, 1.807) is 18.2 Å². The van der Waals surface area contributed by atoms with Crippen LogP contribution in [0.4, 0.5) is 0 Å². The summed E-state index contributed by atoms with van der Waals surface area (Å²) in [6, 6.07) is 3.37. The molecule has 1 amide bonds. The van der Waals surface area contributed by atoms with Crippen LogP contribution in [-0.4, -0.2) is 61.4 Å². The van der Waals surface area contributed by atoms with Gasteiger partial charge in [0.15, 0.2) is 17.6 Å². The number of carbonyl (C=O) groups excluding carboxylic acids is 1. The van der Waals surface area contributed by atoms with Gasteiger partial charge in [-0.2, -0.15) is 0 Å². The molecule has 0 aliphatic carbocycles. The summed E-state index contributed by atoms with van der Waals surface area (Å²) < 4.78 is 15.8. The Kier molecular flexibility index (Phi) is 6.66. The molecule has 25 heavy (non-hydrogen) atoms. The van der Waals surface area contributed by atoms with Crippen LogP contribution >= 0.6 is 11.6 Å². The molecule has 8 heteroatoms. The van der Waals surface area contributed by atoms with Gasteiger partial charge in [0.05, 0.1) is 31.9 Å². The maximum absolute atomic E-state index is 12.3. The number of nitrogens with zero attached hydrogens (tertiary/aromatic N) is 1. The zero-order chi connectivity index (χ0) is 18.4. The average molecular weight is 370 g/mol. The van der Waals surface area contributed by atoms with E-state index in [4.69, 9.17) is 30.9 Å². The van der Waals surface area contributed by atoms with E-state index in [1.807, 2.05) is 6.92 Å². The zero-order valence-corrected chi connectivity index (χ0v) is 14.8. The Hall–Kier alpha value is -2.25. The zero-order valence-electron chi connectivity index (χ0n) is 14.0. The van der Waals surface area contributed by atoms with E-state index in [-0.39, 0.29) is 19.1 Å². The quantitative estimate of drug-likeness (QED) is 0.773. The van der Waals surface area contributed by atoms with Crippen molar-refractivity contribution in [3.63, 3.8) is 0 Å². The molecule has 7 nitrogen and oxygen atoms in total. The fourth-order valence-corrected chi connectivity index (χ4v) is 2.67. The Morgan fingerprint density at radius 1 is 1.48 bits per heavy atom. The van der Waals surface area contributed by atoms with Gasteiger partial charge in [-0.25, -0.2) is 4.79 Å². The Bertz CT molecular complexity index is 675. The summed E-state index contributed by atoms with van der Waals surface area (Å²) in [6.45, 7) is 2.85. The molecule has 1 unspecified atom stereocenters. The Morgan fingerprint density at radius 3 is 2.88 bits per heavy atom. The molecule has 0 bridgehead atoms. The lowest BCUT2D eigenvalue weighted by molar-refractivity contribution is -0.158. The highest BCUT2D eigenvalue weighted by atomic mass is 35.5. The van der Waals surface area contributed by atoms with Gasteiger partial charge in [0.1, 0.15) is 0 Å². The van der Waals surface area contributed by atoms with Crippen molar-refractivity contribution in [2.45, 2.75) is 13.0 Å². The summed E-state index contributed by atoms with van der Waals surface area (Å²) in [7, 11) is 1.51. The fourth-order valence-electron chi connectivity index (χ4n) is 2.39. The average Bonchev–Trinajstić information content (AvgIpc) is 2.61. The first kappa shape index (κ1) is 19.1. The summed E-state index contributed by atoms with van der Waals surface area (Å²) in [6.07, 6.45) is 1.97. The molecule has 0 spiro atoms. The van der Waals surface area contributed by atoms with Crippen molar-refractivity contribution >= 4 is 29.6 Å². The number of aliphatic carboxylic acids is 1. The van der Waals surface area contributed by atoms with Gasteiger partial charge in [-0.3, -0.25) is 4.79 Å². The van der Waals surface area contributed by atoms with Crippen LogP contribution in [0.3, 0.4) is 0 Å². The van der Waals surface area contributed by atoms with E-state index in [1.165, 1.54) is 18.1 Å². The smallest absolute Gasteiger partial charge is 0.334 e. The second-order valence-corrected chi connectivity index (χ2v) is 5.69.